The number of aryl methyl sites for hydroxylation is 1. The van der Waals surface area contributed by atoms with Crippen molar-refractivity contribution in [1.82, 2.24) is 0 Å². The van der Waals surface area contributed by atoms with Crippen LogP contribution in [0.25, 0.3) is 0 Å². The van der Waals surface area contributed by atoms with E-state index < -0.39 is 5.54 Å². The molecule has 0 fully saturated rings. The predicted molar refractivity (Wildman–Crippen MR) is 104 cm³/mol. The average Bonchev–Trinajstić information content (AvgIpc) is 2.69. The second-order valence-corrected chi connectivity index (χ2v) is 6.83. The van der Waals surface area contributed by atoms with Crippen molar-refractivity contribution in [2.75, 3.05) is 13.2 Å². The first kappa shape index (κ1) is 20.3. The zero-order valence-electron chi connectivity index (χ0n) is 15.5. The molecule has 3 N–H and O–H groups in total. The van der Waals surface area contributed by atoms with E-state index in [0.29, 0.717) is 26.1 Å². The zero-order chi connectivity index (χ0) is 18.8. The van der Waals surface area contributed by atoms with Crippen LogP contribution in [0, 0.1) is 0 Å². The molecule has 2 aromatic carbocycles. The third-order valence-corrected chi connectivity index (χ3v) is 4.67. The normalized spacial score (nSPS) is 13.3. The van der Waals surface area contributed by atoms with Gasteiger partial charge in [-0.2, -0.15) is 0 Å². The topological polar surface area (TPSA) is 72.6 Å². The van der Waals surface area contributed by atoms with E-state index in [2.05, 4.69) is 12.1 Å². The van der Waals surface area contributed by atoms with Crippen LogP contribution < -0.4 is 5.73 Å². The monoisotopic (exact) mass is 355 g/mol. The molecule has 0 saturated carbocycles. The Morgan fingerprint density at radius 1 is 1.08 bits per heavy atom. The van der Waals surface area contributed by atoms with Gasteiger partial charge < -0.3 is 15.6 Å². The van der Waals surface area contributed by atoms with E-state index in [-0.39, 0.29) is 12.4 Å². The van der Waals surface area contributed by atoms with E-state index in [1.54, 1.807) is 0 Å². The first-order valence-corrected chi connectivity index (χ1v) is 9.20. The number of ketones is 1. The highest BCUT2D eigenvalue weighted by Crippen LogP contribution is 2.13. The van der Waals surface area contributed by atoms with Gasteiger partial charge in [-0.05, 0) is 30.4 Å². The summed E-state index contributed by atoms with van der Waals surface area (Å²) in [5.41, 5.74) is 8.29. The van der Waals surface area contributed by atoms with Gasteiger partial charge in [-0.3, -0.25) is 4.79 Å². The highest BCUT2D eigenvalue weighted by Gasteiger charge is 2.21. The van der Waals surface area contributed by atoms with Gasteiger partial charge in [0.15, 0.2) is 5.78 Å². The van der Waals surface area contributed by atoms with Gasteiger partial charge in [-0.1, -0.05) is 61.5 Å². The van der Waals surface area contributed by atoms with E-state index in [0.717, 1.165) is 24.0 Å². The molecule has 0 bridgehead atoms. The SMILES string of the molecule is CCC(N)(CO)COCc1ccc(C(=O)CCCc2ccccc2)cc1. The van der Waals surface area contributed by atoms with E-state index in [9.17, 15) is 9.90 Å². The molecule has 26 heavy (non-hydrogen) atoms. The summed E-state index contributed by atoms with van der Waals surface area (Å²) >= 11 is 0. The van der Waals surface area contributed by atoms with Crippen LogP contribution in [0.4, 0.5) is 0 Å². The molecule has 0 aliphatic carbocycles. The van der Waals surface area contributed by atoms with Crippen LogP contribution in [-0.2, 0) is 17.8 Å². The van der Waals surface area contributed by atoms with Crippen LogP contribution >= 0.6 is 0 Å². The van der Waals surface area contributed by atoms with Crippen molar-refractivity contribution in [3.63, 3.8) is 0 Å². The summed E-state index contributed by atoms with van der Waals surface area (Å²) in [6, 6.07) is 17.7. The van der Waals surface area contributed by atoms with E-state index >= 15 is 0 Å². The number of benzene rings is 2. The summed E-state index contributed by atoms with van der Waals surface area (Å²) in [6.45, 7) is 2.55. The van der Waals surface area contributed by atoms with Crippen LogP contribution in [0.3, 0.4) is 0 Å². The highest BCUT2D eigenvalue weighted by atomic mass is 16.5. The molecule has 0 aliphatic heterocycles. The maximum atomic E-state index is 12.3. The number of aliphatic hydroxyl groups is 1. The third kappa shape index (κ3) is 6.37. The maximum Gasteiger partial charge on any atom is 0.162 e. The lowest BCUT2D eigenvalue weighted by molar-refractivity contribution is 0.0440. The molecule has 0 radical (unpaired) electrons. The van der Waals surface area contributed by atoms with Crippen LogP contribution in [0.1, 0.15) is 47.7 Å². The quantitative estimate of drug-likeness (QED) is 0.605. The Morgan fingerprint density at radius 2 is 1.77 bits per heavy atom. The second kappa shape index (κ2) is 10.2. The Kier molecular flexibility index (Phi) is 7.98. The van der Waals surface area contributed by atoms with Gasteiger partial charge >= 0.3 is 0 Å². The van der Waals surface area contributed by atoms with Gasteiger partial charge in [0, 0.05) is 12.0 Å². The number of hydrogen-bond acceptors (Lipinski definition) is 4. The number of nitrogens with two attached hydrogens (primary N) is 1. The predicted octanol–water partition coefficient (Wildman–Crippen LogP) is 3.51. The molecule has 1 unspecified atom stereocenters. The van der Waals surface area contributed by atoms with Crippen molar-refractivity contribution in [2.24, 2.45) is 5.73 Å². The first-order valence-electron chi connectivity index (χ1n) is 9.20. The Bertz CT molecular complexity index is 664. The molecule has 2 rings (SSSR count). The number of carbonyl (C=O) groups excluding carboxylic acids is 1. The third-order valence-electron chi connectivity index (χ3n) is 4.67. The zero-order valence-corrected chi connectivity index (χ0v) is 15.5. The van der Waals surface area contributed by atoms with Crippen LogP contribution in [0.5, 0.6) is 0 Å². The van der Waals surface area contributed by atoms with Crippen molar-refractivity contribution in [3.8, 4) is 0 Å². The molecule has 4 nitrogen and oxygen atoms in total. The van der Waals surface area contributed by atoms with Crippen molar-refractivity contribution in [2.45, 2.75) is 44.8 Å². The summed E-state index contributed by atoms with van der Waals surface area (Å²) in [6.07, 6.45) is 2.97. The molecule has 1 atom stereocenters. The molecule has 2 aromatic rings. The fraction of sp³-hybridized carbons (Fsp3) is 0.409. The highest BCUT2D eigenvalue weighted by molar-refractivity contribution is 5.96. The van der Waals surface area contributed by atoms with Crippen LogP contribution in [-0.4, -0.2) is 29.6 Å². The minimum Gasteiger partial charge on any atom is -0.394 e. The molecule has 0 aromatic heterocycles. The number of carbonyl (C=O) groups is 1. The van der Waals surface area contributed by atoms with Gasteiger partial charge in [0.2, 0.25) is 0 Å². The lowest BCUT2D eigenvalue weighted by atomic mass is 10.0. The summed E-state index contributed by atoms with van der Waals surface area (Å²) in [4.78, 5) is 12.3. The Labute approximate surface area is 156 Å². The number of aliphatic hydroxyl groups excluding tert-OH is 1. The van der Waals surface area contributed by atoms with E-state index in [1.807, 2.05) is 49.4 Å². The standard InChI is InChI=1S/C22H29NO3/c1-2-22(23,16-24)17-26-15-19-11-13-20(14-12-19)21(25)10-6-9-18-7-4-3-5-8-18/h3-5,7-8,11-14,24H,2,6,9-10,15-17,23H2,1H3. The van der Waals surface area contributed by atoms with Gasteiger partial charge in [0.1, 0.15) is 0 Å². The molecule has 0 spiro atoms. The summed E-state index contributed by atoms with van der Waals surface area (Å²) < 4.78 is 5.61. The van der Waals surface area contributed by atoms with E-state index in [1.165, 1.54) is 5.56 Å². The summed E-state index contributed by atoms with van der Waals surface area (Å²) in [5.74, 6) is 0.167. The Hall–Kier alpha value is -2.01. The number of ether oxygens (including phenoxy) is 1. The smallest absolute Gasteiger partial charge is 0.162 e. The van der Waals surface area contributed by atoms with Crippen molar-refractivity contribution >= 4 is 5.78 Å². The van der Waals surface area contributed by atoms with Crippen molar-refractivity contribution < 1.29 is 14.6 Å². The fourth-order valence-electron chi connectivity index (χ4n) is 2.66. The first-order chi connectivity index (χ1) is 12.6. The minimum absolute atomic E-state index is 0.0973. The number of rotatable bonds is 11. The molecular formula is C22H29NO3. The fourth-order valence-corrected chi connectivity index (χ4v) is 2.66. The van der Waals surface area contributed by atoms with Crippen LogP contribution in [0.2, 0.25) is 0 Å². The second-order valence-electron chi connectivity index (χ2n) is 6.83. The van der Waals surface area contributed by atoms with Gasteiger partial charge in [-0.25, -0.2) is 0 Å². The number of hydrogen-bond donors (Lipinski definition) is 2. The Morgan fingerprint density at radius 3 is 2.38 bits per heavy atom. The molecule has 0 saturated heterocycles. The molecule has 140 valence electrons. The minimum atomic E-state index is -0.686. The summed E-state index contributed by atoms with van der Waals surface area (Å²) in [7, 11) is 0. The molecule has 0 heterocycles. The van der Waals surface area contributed by atoms with Crippen molar-refractivity contribution in [1.29, 1.82) is 0 Å². The Balaban J connectivity index is 1.76. The lowest BCUT2D eigenvalue weighted by Gasteiger charge is -2.25. The van der Waals surface area contributed by atoms with E-state index in [4.69, 9.17) is 10.5 Å². The van der Waals surface area contributed by atoms with Gasteiger partial charge in [-0.15, -0.1) is 0 Å². The van der Waals surface area contributed by atoms with Crippen LogP contribution in [0.15, 0.2) is 54.6 Å². The molecule has 0 aliphatic rings. The lowest BCUT2D eigenvalue weighted by Crippen LogP contribution is -2.47. The molecule has 4 heteroatoms. The van der Waals surface area contributed by atoms with Gasteiger partial charge in [0.25, 0.3) is 0 Å². The molecule has 0 amide bonds. The average molecular weight is 355 g/mol. The maximum absolute atomic E-state index is 12.3. The summed E-state index contributed by atoms with van der Waals surface area (Å²) in [5, 5.41) is 9.28. The van der Waals surface area contributed by atoms with Gasteiger partial charge in [0.05, 0.1) is 25.4 Å². The largest absolute Gasteiger partial charge is 0.394 e. The number of Topliss-reactive ketones (excluding diaryl/α,β-unsaturated/α-hetero) is 1. The van der Waals surface area contributed by atoms with Crippen molar-refractivity contribution in [3.05, 3.63) is 71.3 Å². The molecular weight excluding hydrogens is 326 g/mol.